The van der Waals surface area contributed by atoms with Gasteiger partial charge in [0.15, 0.2) is 11.7 Å². The van der Waals surface area contributed by atoms with Crippen LogP contribution in [0.4, 0.5) is 0 Å². The van der Waals surface area contributed by atoms with Crippen LogP contribution in [-0.4, -0.2) is 55.3 Å². The van der Waals surface area contributed by atoms with E-state index < -0.39 is 23.5 Å². The second-order valence-corrected chi connectivity index (χ2v) is 5.36. The molecule has 1 fully saturated rings. The predicted molar refractivity (Wildman–Crippen MR) is 74.0 cm³/mol. The molecule has 2 atom stereocenters. The number of carbonyl (C=O) groups is 3. The Bertz CT molecular complexity index is 456. The Labute approximate surface area is 124 Å². The minimum absolute atomic E-state index is 0.0513. The maximum atomic E-state index is 12.3. The number of amides is 2. The van der Waals surface area contributed by atoms with Gasteiger partial charge in [-0.15, -0.1) is 0 Å². The number of hydrogen-bond donors (Lipinski definition) is 1. The molecule has 0 aromatic carbocycles. The van der Waals surface area contributed by atoms with Crippen LogP contribution in [0.2, 0.25) is 0 Å². The van der Waals surface area contributed by atoms with Crippen molar-refractivity contribution in [2.45, 2.75) is 26.3 Å². The SMILES string of the molecule is COCCN1C[C@H](C(=O)[C@@H](C#N)C(=O)NC(C)C)CC1=O. The molecule has 0 aromatic rings. The van der Waals surface area contributed by atoms with Crippen LogP contribution < -0.4 is 5.32 Å². The number of methoxy groups -OCH3 is 1. The van der Waals surface area contributed by atoms with E-state index in [0.717, 1.165) is 0 Å². The average molecular weight is 295 g/mol. The van der Waals surface area contributed by atoms with Gasteiger partial charge in [0.25, 0.3) is 0 Å². The van der Waals surface area contributed by atoms with Gasteiger partial charge in [-0.3, -0.25) is 14.4 Å². The summed E-state index contributed by atoms with van der Waals surface area (Å²) >= 11 is 0. The van der Waals surface area contributed by atoms with E-state index in [2.05, 4.69) is 5.32 Å². The fourth-order valence-electron chi connectivity index (χ4n) is 2.24. The summed E-state index contributed by atoms with van der Waals surface area (Å²) in [5.74, 6) is -3.18. The van der Waals surface area contributed by atoms with Gasteiger partial charge in [-0.1, -0.05) is 0 Å². The summed E-state index contributed by atoms with van der Waals surface area (Å²) in [5.41, 5.74) is 0. The molecule has 2 amide bonds. The number of rotatable bonds is 7. The van der Waals surface area contributed by atoms with Gasteiger partial charge in [-0.2, -0.15) is 5.26 Å². The van der Waals surface area contributed by atoms with E-state index in [1.807, 2.05) is 0 Å². The van der Waals surface area contributed by atoms with Crippen molar-refractivity contribution in [3.05, 3.63) is 0 Å². The smallest absolute Gasteiger partial charge is 0.245 e. The van der Waals surface area contributed by atoms with Crippen molar-refractivity contribution >= 4 is 17.6 Å². The third kappa shape index (κ3) is 4.53. The second kappa shape index (κ2) is 7.74. The Kier molecular flexibility index (Phi) is 6.31. The first-order valence-electron chi connectivity index (χ1n) is 6.91. The first kappa shape index (κ1) is 17.1. The lowest BCUT2D eigenvalue weighted by atomic mass is 9.92. The fraction of sp³-hybridized carbons (Fsp3) is 0.714. The third-order valence-corrected chi connectivity index (χ3v) is 3.29. The van der Waals surface area contributed by atoms with Crippen LogP contribution in [0, 0.1) is 23.2 Å². The largest absolute Gasteiger partial charge is 0.383 e. The van der Waals surface area contributed by atoms with Gasteiger partial charge >= 0.3 is 0 Å². The molecule has 116 valence electrons. The van der Waals surface area contributed by atoms with E-state index in [-0.39, 0.29) is 24.9 Å². The topological polar surface area (TPSA) is 99.5 Å². The van der Waals surface area contributed by atoms with Crippen LogP contribution in [-0.2, 0) is 19.1 Å². The molecule has 0 bridgehead atoms. The summed E-state index contributed by atoms with van der Waals surface area (Å²) in [6.07, 6.45) is 0.0513. The van der Waals surface area contributed by atoms with E-state index in [4.69, 9.17) is 10.00 Å². The lowest BCUT2D eigenvalue weighted by Crippen LogP contribution is -2.41. The first-order valence-corrected chi connectivity index (χ1v) is 6.91. The van der Waals surface area contributed by atoms with Crippen LogP contribution >= 0.6 is 0 Å². The molecule has 0 aliphatic carbocycles. The van der Waals surface area contributed by atoms with Crippen molar-refractivity contribution in [1.29, 1.82) is 5.26 Å². The second-order valence-electron chi connectivity index (χ2n) is 5.36. The number of ether oxygens (including phenoxy) is 1. The van der Waals surface area contributed by atoms with Crippen molar-refractivity contribution in [3.8, 4) is 6.07 Å². The number of hydrogen-bond acceptors (Lipinski definition) is 5. The molecule has 7 heteroatoms. The number of nitriles is 1. The number of carbonyl (C=O) groups excluding carboxylic acids is 3. The fourth-order valence-corrected chi connectivity index (χ4v) is 2.24. The number of Topliss-reactive ketones (excluding diaryl/α,β-unsaturated/α-hetero) is 1. The summed E-state index contributed by atoms with van der Waals surface area (Å²) in [6, 6.07) is 1.59. The zero-order chi connectivity index (χ0) is 16.0. The van der Waals surface area contributed by atoms with Crippen LogP contribution in [0.15, 0.2) is 0 Å². The summed E-state index contributed by atoms with van der Waals surface area (Å²) in [7, 11) is 1.53. The van der Waals surface area contributed by atoms with Gasteiger partial charge in [0.1, 0.15) is 0 Å². The minimum atomic E-state index is -1.35. The molecule has 1 N–H and O–H groups in total. The highest BCUT2D eigenvalue weighted by atomic mass is 16.5. The summed E-state index contributed by atoms with van der Waals surface area (Å²) in [5, 5.41) is 11.6. The number of ketones is 1. The van der Waals surface area contributed by atoms with Gasteiger partial charge in [-0.25, -0.2) is 0 Å². The Balaban J connectivity index is 2.68. The minimum Gasteiger partial charge on any atom is -0.383 e. The maximum Gasteiger partial charge on any atom is 0.245 e. The Morgan fingerprint density at radius 2 is 2.19 bits per heavy atom. The predicted octanol–water partition coefficient (Wildman–Crippen LogP) is -0.285. The molecule has 0 saturated carbocycles. The molecular formula is C14H21N3O4. The van der Waals surface area contributed by atoms with E-state index in [9.17, 15) is 14.4 Å². The molecule has 0 spiro atoms. The molecule has 21 heavy (non-hydrogen) atoms. The quantitative estimate of drug-likeness (QED) is 0.651. The molecule has 1 saturated heterocycles. The zero-order valence-corrected chi connectivity index (χ0v) is 12.6. The molecule has 7 nitrogen and oxygen atoms in total. The van der Waals surface area contributed by atoms with Gasteiger partial charge in [-0.05, 0) is 13.8 Å². The Morgan fingerprint density at radius 3 is 2.71 bits per heavy atom. The van der Waals surface area contributed by atoms with Crippen molar-refractivity contribution in [3.63, 3.8) is 0 Å². The van der Waals surface area contributed by atoms with Crippen molar-refractivity contribution in [2.24, 2.45) is 11.8 Å². The lowest BCUT2D eigenvalue weighted by molar-refractivity contribution is -0.134. The van der Waals surface area contributed by atoms with Gasteiger partial charge in [0, 0.05) is 38.6 Å². The van der Waals surface area contributed by atoms with Crippen LogP contribution in [0.25, 0.3) is 0 Å². The lowest BCUT2D eigenvalue weighted by Gasteiger charge is -2.17. The van der Waals surface area contributed by atoms with Gasteiger partial charge in [0.2, 0.25) is 11.8 Å². The number of nitrogens with one attached hydrogen (secondary N) is 1. The van der Waals surface area contributed by atoms with E-state index >= 15 is 0 Å². The van der Waals surface area contributed by atoms with Crippen molar-refractivity contribution < 1.29 is 19.1 Å². The Morgan fingerprint density at radius 1 is 1.52 bits per heavy atom. The Hall–Kier alpha value is -1.94. The molecule has 1 aliphatic rings. The van der Waals surface area contributed by atoms with Crippen LogP contribution in [0.5, 0.6) is 0 Å². The standard InChI is InChI=1S/C14H21N3O4/c1-9(2)16-14(20)11(7-15)13(19)10-6-12(18)17(8-10)4-5-21-3/h9-11H,4-6,8H2,1-3H3,(H,16,20)/t10-,11-/m1/s1. The number of likely N-dealkylation sites (tertiary alicyclic amines) is 1. The molecular weight excluding hydrogens is 274 g/mol. The van der Waals surface area contributed by atoms with Crippen molar-refractivity contribution in [1.82, 2.24) is 10.2 Å². The summed E-state index contributed by atoms with van der Waals surface area (Å²) < 4.78 is 4.90. The highest BCUT2D eigenvalue weighted by molar-refractivity contribution is 6.06. The normalized spacial score (nSPS) is 19.5. The maximum absolute atomic E-state index is 12.3. The highest BCUT2D eigenvalue weighted by Gasteiger charge is 2.39. The highest BCUT2D eigenvalue weighted by Crippen LogP contribution is 2.21. The molecule has 1 rings (SSSR count). The van der Waals surface area contributed by atoms with Crippen molar-refractivity contribution in [2.75, 3.05) is 26.8 Å². The monoisotopic (exact) mass is 295 g/mol. The van der Waals surface area contributed by atoms with Gasteiger partial charge in [0.05, 0.1) is 12.7 Å². The van der Waals surface area contributed by atoms with E-state index in [1.165, 1.54) is 12.0 Å². The summed E-state index contributed by atoms with van der Waals surface area (Å²) in [4.78, 5) is 37.4. The third-order valence-electron chi connectivity index (χ3n) is 3.29. The van der Waals surface area contributed by atoms with Gasteiger partial charge < -0.3 is 15.0 Å². The van der Waals surface area contributed by atoms with Crippen LogP contribution in [0.1, 0.15) is 20.3 Å². The average Bonchev–Trinajstić information content (AvgIpc) is 2.77. The molecule has 1 heterocycles. The van der Waals surface area contributed by atoms with E-state index in [0.29, 0.717) is 13.2 Å². The number of nitrogens with zero attached hydrogens (tertiary/aromatic N) is 2. The van der Waals surface area contributed by atoms with Crippen LogP contribution in [0.3, 0.4) is 0 Å². The van der Waals surface area contributed by atoms with E-state index in [1.54, 1.807) is 19.9 Å². The molecule has 0 radical (unpaired) electrons. The molecule has 1 aliphatic heterocycles. The molecule has 0 unspecified atom stereocenters. The summed E-state index contributed by atoms with van der Waals surface area (Å²) in [6.45, 7) is 4.55. The zero-order valence-electron chi connectivity index (χ0n) is 12.6. The first-order chi connectivity index (χ1) is 9.90. The molecule has 0 aromatic heterocycles.